The zero-order valence-electron chi connectivity index (χ0n) is 29.2. The molecule has 2 heterocycles. The molecular formula is C35H53N5O7S. The summed E-state index contributed by atoms with van der Waals surface area (Å²) in [5, 5.41) is 6.21. The molecule has 0 aromatic heterocycles. The molecule has 4 amide bonds. The van der Waals surface area contributed by atoms with Crippen LogP contribution in [0.4, 0.5) is 4.79 Å². The molecule has 1 saturated carbocycles. The first-order chi connectivity index (χ1) is 22.6. The second kappa shape index (κ2) is 14.3. The summed E-state index contributed by atoms with van der Waals surface area (Å²) in [4.78, 5) is 58.0. The lowest BCUT2D eigenvalue weighted by Gasteiger charge is -2.37. The van der Waals surface area contributed by atoms with Gasteiger partial charge in [-0.25, -0.2) is 13.2 Å². The number of likely N-dealkylation sites (tertiary alicyclic amines) is 1. The quantitative estimate of drug-likeness (QED) is 0.427. The van der Waals surface area contributed by atoms with Gasteiger partial charge < -0.3 is 20.3 Å². The number of nitrogens with one attached hydrogen (secondary N) is 2. The summed E-state index contributed by atoms with van der Waals surface area (Å²) in [7, 11) is -2.17. The topological polar surface area (TPSA) is 145 Å². The maximum absolute atomic E-state index is 14.6. The third-order valence-electron chi connectivity index (χ3n) is 10.6. The minimum absolute atomic E-state index is 0.00365. The van der Waals surface area contributed by atoms with Crippen molar-refractivity contribution in [2.75, 3.05) is 26.4 Å². The highest BCUT2D eigenvalue weighted by atomic mass is 32.2. The maximum atomic E-state index is 14.6. The molecule has 2 unspecified atom stereocenters. The van der Waals surface area contributed by atoms with Gasteiger partial charge in [0.2, 0.25) is 27.7 Å². The van der Waals surface area contributed by atoms with Gasteiger partial charge in [0.05, 0.1) is 24.3 Å². The molecule has 3 fully saturated rings. The van der Waals surface area contributed by atoms with Gasteiger partial charge in [-0.2, -0.15) is 4.31 Å². The normalized spacial score (nSPS) is 26.2. The van der Waals surface area contributed by atoms with E-state index in [0.717, 1.165) is 63.2 Å². The Kier molecular flexibility index (Phi) is 10.8. The Hall–Kier alpha value is -3.19. The van der Waals surface area contributed by atoms with E-state index >= 15 is 0 Å². The van der Waals surface area contributed by atoms with E-state index in [2.05, 4.69) is 16.7 Å². The molecule has 0 bridgehead atoms. The van der Waals surface area contributed by atoms with Crippen LogP contribution < -0.4 is 10.6 Å². The third kappa shape index (κ3) is 7.82. The number of rotatable bonds is 8. The van der Waals surface area contributed by atoms with Gasteiger partial charge in [-0.1, -0.05) is 43.5 Å². The molecule has 1 aromatic rings. The van der Waals surface area contributed by atoms with Crippen molar-refractivity contribution in [2.45, 2.75) is 121 Å². The number of fused-ring (bicyclic) bond motifs is 2. The maximum Gasteiger partial charge on any atom is 0.410 e. The van der Waals surface area contributed by atoms with Gasteiger partial charge in [-0.3, -0.25) is 19.3 Å². The van der Waals surface area contributed by atoms with E-state index in [1.54, 1.807) is 32.6 Å². The largest absolute Gasteiger partial charge is 0.444 e. The molecule has 5 rings (SSSR count). The average molecular weight is 688 g/mol. The van der Waals surface area contributed by atoms with Crippen LogP contribution in [0.3, 0.4) is 0 Å². The summed E-state index contributed by atoms with van der Waals surface area (Å²) < 4.78 is 32.8. The predicted octanol–water partition coefficient (Wildman–Crippen LogP) is 3.36. The number of carbonyl (C=O) groups is 4. The Bertz CT molecular complexity index is 1490. The van der Waals surface area contributed by atoms with Crippen molar-refractivity contribution in [1.82, 2.24) is 24.7 Å². The van der Waals surface area contributed by atoms with Crippen LogP contribution in [-0.4, -0.2) is 102 Å². The number of benzene rings is 1. The molecule has 2 N–H and O–H groups in total. The van der Waals surface area contributed by atoms with Crippen LogP contribution in [0.15, 0.2) is 24.3 Å². The fourth-order valence-corrected chi connectivity index (χ4v) is 9.22. The molecule has 4 aliphatic rings. The number of hydrogen-bond acceptors (Lipinski definition) is 7. The summed E-state index contributed by atoms with van der Waals surface area (Å²) in [5.74, 6) is -1.91. The number of amides is 4. The number of likely N-dealkylation sites (N-methyl/N-ethyl adjacent to an activating group) is 1. The summed E-state index contributed by atoms with van der Waals surface area (Å²) in [5.41, 5.74) is 1.54. The molecular weight excluding hydrogens is 634 g/mol. The smallest absolute Gasteiger partial charge is 0.410 e. The first-order valence-corrected chi connectivity index (χ1v) is 19.3. The molecule has 12 nitrogen and oxygen atoms in total. The van der Waals surface area contributed by atoms with Crippen LogP contribution in [0.2, 0.25) is 0 Å². The molecule has 2 saturated heterocycles. The van der Waals surface area contributed by atoms with Crippen LogP contribution in [0, 0.1) is 11.8 Å². The second-order valence-electron chi connectivity index (χ2n) is 15.1. The average Bonchev–Trinajstić information content (AvgIpc) is 3.63. The van der Waals surface area contributed by atoms with Crippen LogP contribution in [0.25, 0.3) is 0 Å². The lowest BCUT2D eigenvalue weighted by atomic mass is 9.82. The van der Waals surface area contributed by atoms with E-state index in [9.17, 15) is 27.6 Å². The van der Waals surface area contributed by atoms with Gasteiger partial charge in [0.1, 0.15) is 17.7 Å². The number of carbonyl (C=O) groups excluding carboxylic acids is 4. The van der Waals surface area contributed by atoms with Gasteiger partial charge in [-0.05, 0) is 83.3 Å². The van der Waals surface area contributed by atoms with Crippen LogP contribution in [0.1, 0.15) is 96.2 Å². The fourth-order valence-electron chi connectivity index (χ4n) is 8.06. The molecule has 1 aromatic carbocycles. The molecule has 266 valence electrons. The van der Waals surface area contributed by atoms with Crippen molar-refractivity contribution in [1.29, 1.82) is 0 Å². The fraction of sp³-hybridized carbons (Fsp3) is 0.714. The number of ether oxygens (including phenoxy) is 1. The number of hydrogen-bond donors (Lipinski definition) is 2. The lowest BCUT2D eigenvalue weighted by Crippen LogP contribution is -2.59. The Labute approximate surface area is 285 Å². The van der Waals surface area contributed by atoms with E-state index in [4.69, 9.17) is 4.74 Å². The minimum Gasteiger partial charge on any atom is -0.444 e. The van der Waals surface area contributed by atoms with Gasteiger partial charge in [-0.15, -0.1) is 0 Å². The highest BCUT2D eigenvalue weighted by molar-refractivity contribution is 7.88. The first kappa shape index (κ1) is 36.1. The minimum atomic E-state index is -3.66. The summed E-state index contributed by atoms with van der Waals surface area (Å²) >= 11 is 0. The molecule has 2 aliphatic carbocycles. The molecule has 2 aliphatic heterocycles. The van der Waals surface area contributed by atoms with Crippen molar-refractivity contribution in [3.63, 3.8) is 0 Å². The van der Waals surface area contributed by atoms with Gasteiger partial charge in [0, 0.05) is 26.2 Å². The predicted molar refractivity (Wildman–Crippen MR) is 181 cm³/mol. The number of aryl methyl sites for hydroxylation is 1. The van der Waals surface area contributed by atoms with Crippen molar-refractivity contribution >= 4 is 33.8 Å². The van der Waals surface area contributed by atoms with Gasteiger partial charge >= 0.3 is 6.09 Å². The standard InChI is InChI=1S/C35H53N5O7S/c1-22(38(5)34(44)47-35(2,3)4)31(41)37-29(24-14-8-7-9-15-24)33(43)39-20-19-28-30(39)26(21-40(28)48(6,45)46)32(42)36-27-18-12-16-23-13-10-11-17-25(23)27/h10-11,13,17,22,24,26-30H,7-9,12,14-16,18-21H2,1-6H3,(H,36,42)(H,37,41)/t22-,26-,27?,28+,29?,30+/m0/s1. The van der Waals surface area contributed by atoms with Crippen LogP contribution in [-0.2, 0) is 35.6 Å². The number of sulfonamides is 1. The monoisotopic (exact) mass is 687 g/mol. The summed E-state index contributed by atoms with van der Waals surface area (Å²) in [6.07, 6.45) is 8.01. The molecule has 6 atom stereocenters. The zero-order valence-corrected chi connectivity index (χ0v) is 30.1. The van der Waals surface area contributed by atoms with Crippen molar-refractivity contribution in [3.05, 3.63) is 35.4 Å². The van der Waals surface area contributed by atoms with E-state index in [1.165, 1.54) is 21.8 Å². The molecule has 0 spiro atoms. The third-order valence-corrected chi connectivity index (χ3v) is 11.9. The second-order valence-corrected chi connectivity index (χ2v) is 17.1. The SMILES string of the molecule is C[C@@H](C(=O)NC(C(=O)N1CC[C@@H]2[C@H]1[C@@H](C(=O)NC1CCCc3ccccc31)CN2S(C)(=O)=O)C1CCCCC1)N(C)C(=O)OC(C)(C)C. The summed E-state index contributed by atoms with van der Waals surface area (Å²) in [6.45, 7) is 7.12. The first-order valence-electron chi connectivity index (χ1n) is 17.5. The highest BCUT2D eigenvalue weighted by Gasteiger charge is 2.56. The Morgan fingerprint density at radius 1 is 1.00 bits per heavy atom. The number of nitrogens with zero attached hydrogens (tertiary/aromatic N) is 3. The highest BCUT2D eigenvalue weighted by Crippen LogP contribution is 2.40. The van der Waals surface area contributed by atoms with Crippen molar-refractivity contribution < 1.29 is 32.3 Å². The summed E-state index contributed by atoms with van der Waals surface area (Å²) in [6, 6.07) is 4.92. The van der Waals surface area contributed by atoms with Gasteiger partial charge in [0.15, 0.2) is 0 Å². The zero-order chi connectivity index (χ0) is 35.0. The van der Waals surface area contributed by atoms with Crippen molar-refractivity contribution in [3.8, 4) is 0 Å². The van der Waals surface area contributed by atoms with E-state index in [1.807, 2.05) is 18.2 Å². The molecule has 0 radical (unpaired) electrons. The van der Waals surface area contributed by atoms with E-state index in [0.29, 0.717) is 6.42 Å². The molecule has 13 heteroatoms. The van der Waals surface area contributed by atoms with E-state index in [-0.39, 0.29) is 36.9 Å². The Balaban J connectivity index is 1.39. The molecule has 48 heavy (non-hydrogen) atoms. The van der Waals surface area contributed by atoms with E-state index < -0.39 is 57.7 Å². The van der Waals surface area contributed by atoms with Crippen LogP contribution >= 0.6 is 0 Å². The Morgan fingerprint density at radius 2 is 1.69 bits per heavy atom. The Morgan fingerprint density at radius 3 is 2.35 bits per heavy atom. The van der Waals surface area contributed by atoms with Crippen molar-refractivity contribution in [2.24, 2.45) is 11.8 Å². The van der Waals surface area contributed by atoms with Gasteiger partial charge in [0.25, 0.3) is 0 Å². The lowest BCUT2D eigenvalue weighted by molar-refractivity contribution is -0.141. The van der Waals surface area contributed by atoms with Crippen LogP contribution in [0.5, 0.6) is 0 Å².